The van der Waals surface area contributed by atoms with Crippen LogP contribution in [-0.2, 0) is 9.53 Å². The molecule has 142 valence electrons. The zero-order chi connectivity index (χ0) is 20.0. The molecular formula is C18H25N3O5. The third-order valence-corrected chi connectivity index (χ3v) is 3.08. The summed E-state index contributed by atoms with van der Waals surface area (Å²) in [5.41, 5.74) is -1.09. The molecule has 0 aliphatic heterocycles. The number of carbonyl (C=O) groups excluding carboxylic acids is 2. The first-order valence-electron chi connectivity index (χ1n) is 8.10. The predicted octanol–water partition coefficient (Wildman–Crippen LogP) is 3.03. The van der Waals surface area contributed by atoms with E-state index < -0.39 is 28.1 Å². The van der Waals surface area contributed by atoms with E-state index in [1.165, 1.54) is 18.2 Å². The van der Waals surface area contributed by atoms with Crippen molar-refractivity contribution in [3.63, 3.8) is 0 Å². The molecule has 0 saturated heterocycles. The first kappa shape index (κ1) is 21.1. The summed E-state index contributed by atoms with van der Waals surface area (Å²) in [4.78, 5) is 34.2. The van der Waals surface area contributed by atoms with Gasteiger partial charge in [-0.2, -0.15) is 0 Å². The molecule has 26 heavy (non-hydrogen) atoms. The second-order valence-electron chi connectivity index (χ2n) is 7.38. The summed E-state index contributed by atoms with van der Waals surface area (Å²) in [5, 5.41) is 16.3. The van der Waals surface area contributed by atoms with Crippen LogP contribution in [0.25, 0.3) is 6.08 Å². The van der Waals surface area contributed by atoms with Gasteiger partial charge in [0.25, 0.3) is 5.69 Å². The van der Waals surface area contributed by atoms with Gasteiger partial charge < -0.3 is 15.4 Å². The topological polar surface area (TPSA) is 111 Å². The van der Waals surface area contributed by atoms with Crippen molar-refractivity contribution in [2.45, 2.75) is 45.8 Å². The van der Waals surface area contributed by atoms with Crippen molar-refractivity contribution in [1.29, 1.82) is 0 Å². The van der Waals surface area contributed by atoms with E-state index in [9.17, 15) is 19.7 Å². The van der Waals surface area contributed by atoms with Crippen LogP contribution in [0.4, 0.5) is 10.5 Å². The van der Waals surface area contributed by atoms with Gasteiger partial charge in [-0.25, -0.2) is 4.79 Å². The van der Waals surface area contributed by atoms with E-state index in [1.807, 2.05) is 0 Å². The van der Waals surface area contributed by atoms with Crippen molar-refractivity contribution in [3.8, 4) is 0 Å². The highest BCUT2D eigenvalue weighted by atomic mass is 16.6. The Morgan fingerprint density at radius 1 is 1.19 bits per heavy atom. The van der Waals surface area contributed by atoms with Gasteiger partial charge in [0.1, 0.15) is 5.60 Å². The molecule has 0 radical (unpaired) electrons. The summed E-state index contributed by atoms with van der Waals surface area (Å²) in [7, 11) is 0. The third-order valence-electron chi connectivity index (χ3n) is 3.08. The van der Waals surface area contributed by atoms with Crippen LogP contribution < -0.4 is 10.6 Å². The van der Waals surface area contributed by atoms with Crippen molar-refractivity contribution in [3.05, 3.63) is 46.0 Å². The lowest BCUT2D eigenvalue weighted by Gasteiger charge is -2.27. The molecule has 0 fully saturated rings. The molecule has 0 unspecified atom stereocenters. The first-order chi connectivity index (χ1) is 11.9. The summed E-state index contributed by atoms with van der Waals surface area (Å²) in [6.45, 7) is 8.91. The summed E-state index contributed by atoms with van der Waals surface area (Å²) in [6, 6.07) is 6.13. The van der Waals surface area contributed by atoms with Crippen molar-refractivity contribution >= 4 is 23.8 Å². The van der Waals surface area contributed by atoms with Gasteiger partial charge in [-0.15, -0.1) is 0 Å². The number of nitrogens with zero attached hydrogens (tertiary/aromatic N) is 1. The van der Waals surface area contributed by atoms with Crippen LogP contribution in [-0.4, -0.2) is 34.6 Å². The van der Waals surface area contributed by atoms with E-state index in [4.69, 9.17) is 4.74 Å². The van der Waals surface area contributed by atoms with E-state index in [-0.39, 0.29) is 12.2 Å². The number of hydrogen-bond donors (Lipinski definition) is 2. The number of ether oxygens (including phenoxy) is 1. The largest absolute Gasteiger partial charge is 0.444 e. The third kappa shape index (κ3) is 7.78. The number of hydrogen-bond acceptors (Lipinski definition) is 5. The van der Waals surface area contributed by atoms with Crippen LogP contribution in [0.2, 0.25) is 0 Å². The fraction of sp³-hybridized carbons (Fsp3) is 0.444. The molecule has 0 saturated carbocycles. The molecule has 8 nitrogen and oxygen atoms in total. The van der Waals surface area contributed by atoms with Crippen LogP contribution in [0.5, 0.6) is 0 Å². The fourth-order valence-corrected chi connectivity index (χ4v) is 1.99. The standard InChI is InChI=1S/C18H25N3O5/c1-17(2,3)26-16(23)19-12-18(4,5)20-15(22)11-10-13-8-6-7-9-14(13)21(24)25/h6-11H,12H2,1-5H3,(H,19,23)(H,20,22). The first-order valence-corrected chi connectivity index (χ1v) is 8.10. The maximum atomic E-state index is 12.1. The maximum Gasteiger partial charge on any atom is 0.407 e. The van der Waals surface area contributed by atoms with Gasteiger partial charge in [0, 0.05) is 18.7 Å². The number of nitro groups is 1. The number of alkyl carbamates (subject to hydrolysis) is 1. The van der Waals surface area contributed by atoms with E-state index in [2.05, 4.69) is 10.6 Å². The van der Waals surface area contributed by atoms with Gasteiger partial charge in [0.05, 0.1) is 16.0 Å². The second kappa shape index (κ2) is 8.46. The zero-order valence-corrected chi connectivity index (χ0v) is 15.7. The van der Waals surface area contributed by atoms with Crippen molar-refractivity contribution in [2.24, 2.45) is 0 Å². The molecule has 2 N–H and O–H groups in total. The molecule has 0 aromatic heterocycles. The molecule has 0 bridgehead atoms. The van der Waals surface area contributed by atoms with Gasteiger partial charge in [0.2, 0.25) is 5.91 Å². The van der Waals surface area contributed by atoms with E-state index in [0.29, 0.717) is 5.56 Å². The molecule has 1 aromatic carbocycles. The van der Waals surface area contributed by atoms with E-state index >= 15 is 0 Å². The van der Waals surface area contributed by atoms with Crippen molar-refractivity contribution in [1.82, 2.24) is 10.6 Å². The number of amides is 2. The maximum absolute atomic E-state index is 12.1. The molecule has 0 aliphatic rings. The Balaban J connectivity index is 2.63. The Bertz CT molecular complexity index is 705. The second-order valence-corrected chi connectivity index (χ2v) is 7.38. The van der Waals surface area contributed by atoms with Crippen LogP contribution in [0.1, 0.15) is 40.2 Å². The molecular weight excluding hydrogens is 338 g/mol. The van der Waals surface area contributed by atoms with Gasteiger partial charge in [-0.3, -0.25) is 14.9 Å². The lowest BCUT2D eigenvalue weighted by atomic mass is 10.1. The molecule has 0 atom stereocenters. The smallest absolute Gasteiger partial charge is 0.407 e. The Kier molecular flexibility index (Phi) is 6.88. The molecule has 8 heteroatoms. The highest BCUT2D eigenvalue weighted by Gasteiger charge is 2.22. The number of benzene rings is 1. The van der Waals surface area contributed by atoms with Gasteiger partial charge in [0.15, 0.2) is 0 Å². The monoisotopic (exact) mass is 363 g/mol. The minimum atomic E-state index is -0.735. The summed E-state index contributed by atoms with van der Waals surface area (Å²) >= 11 is 0. The van der Waals surface area contributed by atoms with Crippen LogP contribution in [0, 0.1) is 10.1 Å². The average Bonchev–Trinajstić information content (AvgIpc) is 2.49. The highest BCUT2D eigenvalue weighted by molar-refractivity contribution is 5.92. The molecule has 0 heterocycles. The number of rotatable bonds is 6. The number of carbonyl (C=O) groups is 2. The minimum Gasteiger partial charge on any atom is -0.444 e. The molecule has 2 amide bonds. The minimum absolute atomic E-state index is 0.0811. The molecule has 1 rings (SSSR count). The fourth-order valence-electron chi connectivity index (χ4n) is 1.99. The SMILES string of the molecule is CC(C)(CNC(=O)OC(C)(C)C)NC(=O)C=Cc1ccccc1[N+](=O)[O-]. The number of nitro benzene ring substituents is 1. The lowest BCUT2D eigenvalue weighted by molar-refractivity contribution is -0.385. The van der Waals surface area contributed by atoms with E-state index in [1.54, 1.807) is 52.8 Å². The highest BCUT2D eigenvalue weighted by Crippen LogP contribution is 2.18. The molecule has 1 aromatic rings. The normalized spacial score (nSPS) is 11.9. The quantitative estimate of drug-likeness (QED) is 0.458. The van der Waals surface area contributed by atoms with Crippen molar-refractivity contribution in [2.75, 3.05) is 6.54 Å². The van der Waals surface area contributed by atoms with Gasteiger partial charge >= 0.3 is 6.09 Å². The van der Waals surface area contributed by atoms with Crippen molar-refractivity contribution < 1.29 is 19.2 Å². The van der Waals surface area contributed by atoms with Gasteiger partial charge in [-0.05, 0) is 46.8 Å². The number of nitrogens with one attached hydrogen (secondary N) is 2. The Morgan fingerprint density at radius 2 is 1.81 bits per heavy atom. The van der Waals surface area contributed by atoms with Crippen LogP contribution in [0.15, 0.2) is 30.3 Å². The van der Waals surface area contributed by atoms with Crippen LogP contribution >= 0.6 is 0 Å². The van der Waals surface area contributed by atoms with E-state index in [0.717, 1.165) is 0 Å². The summed E-state index contributed by atoms with van der Waals surface area (Å²) < 4.78 is 5.14. The zero-order valence-electron chi connectivity index (χ0n) is 15.7. The predicted molar refractivity (Wildman–Crippen MR) is 98.6 cm³/mol. The summed E-state index contributed by atoms with van der Waals surface area (Å²) in [5.74, 6) is -0.431. The Labute approximate surface area is 152 Å². The molecule has 0 aliphatic carbocycles. The lowest BCUT2D eigenvalue weighted by Crippen LogP contribution is -2.51. The summed E-state index contributed by atoms with van der Waals surface area (Å²) in [6.07, 6.45) is 2.03. The molecule has 0 spiro atoms. The van der Waals surface area contributed by atoms with Gasteiger partial charge in [-0.1, -0.05) is 12.1 Å². The Morgan fingerprint density at radius 3 is 2.38 bits per heavy atom. The number of para-hydroxylation sites is 1. The Hall–Kier alpha value is -2.90. The average molecular weight is 363 g/mol. The van der Waals surface area contributed by atoms with Crippen LogP contribution in [0.3, 0.4) is 0 Å².